The van der Waals surface area contributed by atoms with E-state index in [4.69, 9.17) is 0 Å². The van der Waals surface area contributed by atoms with Crippen LogP contribution in [0.15, 0.2) is 38.1 Å². The highest BCUT2D eigenvalue weighted by Crippen LogP contribution is 2.21. The summed E-state index contributed by atoms with van der Waals surface area (Å²) in [4.78, 5) is 20.4. The zero-order valence-corrected chi connectivity index (χ0v) is 14.5. The molecule has 0 spiro atoms. The van der Waals surface area contributed by atoms with Crippen LogP contribution in [0.2, 0.25) is 0 Å². The van der Waals surface area contributed by atoms with Crippen LogP contribution in [0.1, 0.15) is 15.9 Å². The molecule has 0 atom stereocenters. The van der Waals surface area contributed by atoms with Crippen LogP contribution in [0.5, 0.6) is 0 Å². The van der Waals surface area contributed by atoms with Crippen LogP contribution in [0.3, 0.4) is 0 Å². The molecule has 19 heavy (non-hydrogen) atoms. The third-order valence-corrected chi connectivity index (χ3v) is 3.80. The molecular formula is C12H8Br3N3O. The lowest BCUT2D eigenvalue weighted by atomic mass is 10.1. The van der Waals surface area contributed by atoms with Crippen molar-refractivity contribution < 1.29 is 4.79 Å². The van der Waals surface area contributed by atoms with Gasteiger partial charge in [0.25, 0.3) is 5.91 Å². The third kappa shape index (κ3) is 3.61. The first-order valence-electron chi connectivity index (χ1n) is 5.23. The molecule has 7 heteroatoms. The molecule has 1 aromatic heterocycles. The van der Waals surface area contributed by atoms with Crippen LogP contribution in [-0.2, 0) is 0 Å². The Bertz CT molecular complexity index is 646. The number of amides is 1. The van der Waals surface area contributed by atoms with Crippen LogP contribution in [0, 0.1) is 6.92 Å². The van der Waals surface area contributed by atoms with E-state index in [1.54, 1.807) is 6.07 Å². The molecule has 0 aliphatic heterocycles. The maximum atomic E-state index is 12.2. The highest BCUT2D eigenvalue weighted by molar-refractivity contribution is 9.11. The Morgan fingerprint density at radius 3 is 2.68 bits per heavy atom. The molecular weight excluding hydrogens is 442 g/mol. The lowest BCUT2D eigenvalue weighted by Crippen LogP contribution is -2.15. The topological polar surface area (TPSA) is 54.9 Å². The van der Waals surface area contributed by atoms with E-state index in [0.29, 0.717) is 20.6 Å². The van der Waals surface area contributed by atoms with Crippen molar-refractivity contribution in [1.82, 2.24) is 9.97 Å². The summed E-state index contributed by atoms with van der Waals surface area (Å²) in [5.74, 6) is 0.156. The summed E-state index contributed by atoms with van der Waals surface area (Å²) < 4.78 is 1.92. The minimum Gasteiger partial charge on any atom is -0.304 e. The largest absolute Gasteiger partial charge is 0.304 e. The molecule has 0 unspecified atom stereocenters. The number of aryl methyl sites for hydroxylation is 1. The summed E-state index contributed by atoms with van der Waals surface area (Å²) in [5, 5.41) is 2.72. The van der Waals surface area contributed by atoms with E-state index in [1.165, 1.54) is 6.20 Å². The molecule has 2 rings (SSSR count). The molecule has 0 bridgehead atoms. The monoisotopic (exact) mass is 447 g/mol. The van der Waals surface area contributed by atoms with E-state index in [1.807, 2.05) is 19.1 Å². The van der Waals surface area contributed by atoms with Gasteiger partial charge >= 0.3 is 0 Å². The van der Waals surface area contributed by atoms with Crippen molar-refractivity contribution in [3.8, 4) is 0 Å². The van der Waals surface area contributed by atoms with Crippen molar-refractivity contribution in [2.45, 2.75) is 6.92 Å². The third-order valence-electron chi connectivity index (χ3n) is 2.38. The summed E-state index contributed by atoms with van der Waals surface area (Å²) in [6, 6.07) is 5.54. The van der Waals surface area contributed by atoms with Gasteiger partial charge in [0.1, 0.15) is 9.21 Å². The number of nitrogens with one attached hydrogen (secondary N) is 1. The average molecular weight is 450 g/mol. The molecule has 0 saturated heterocycles. The summed E-state index contributed by atoms with van der Waals surface area (Å²) in [6.45, 7) is 1.88. The number of benzene rings is 1. The van der Waals surface area contributed by atoms with Crippen molar-refractivity contribution in [3.63, 3.8) is 0 Å². The van der Waals surface area contributed by atoms with E-state index in [0.717, 1.165) is 10.0 Å². The first kappa shape index (κ1) is 14.6. The second-order valence-electron chi connectivity index (χ2n) is 3.75. The van der Waals surface area contributed by atoms with Crippen LogP contribution in [0.25, 0.3) is 0 Å². The fourth-order valence-corrected chi connectivity index (χ4v) is 2.72. The normalized spacial score (nSPS) is 10.3. The van der Waals surface area contributed by atoms with Gasteiger partial charge < -0.3 is 5.32 Å². The predicted octanol–water partition coefficient (Wildman–Crippen LogP) is 4.32. The number of rotatable bonds is 2. The SMILES string of the molecule is Cc1ccc(Br)cc1C(=O)Nc1ncc(Br)nc1Br. The molecule has 4 nitrogen and oxygen atoms in total. The molecule has 0 radical (unpaired) electrons. The Hall–Kier alpha value is -0.790. The molecule has 2 aromatic rings. The maximum absolute atomic E-state index is 12.2. The Balaban J connectivity index is 2.28. The zero-order valence-electron chi connectivity index (χ0n) is 9.75. The number of halogens is 3. The Morgan fingerprint density at radius 2 is 2.00 bits per heavy atom. The number of aromatic nitrogens is 2. The lowest BCUT2D eigenvalue weighted by molar-refractivity contribution is 0.102. The van der Waals surface area contributed by atoms with Crippen molar-refractivity contribution in [3.05, 3.63) is 49.2 Å². The van der Waals surface area contributed by atoms with Crippen molar-refractivity contribution >= 4 is 59.5 Å². The molecule has 98 valence electrons. The highest BCUT2D eigenvalue weighted by atomic mass is 79.9. The van der Waals surface area contributed by atoms with E-state index in [-0.39, 0.29) is 5.91 Å². The van der Waals surface area contributed by atoms with Crippen molar-refractivity contribution in [2.24, 2.45) is 0 Å². The van der Waals surface area contributed by atoms with Gasteiger partial charge in [-0.3, -0.25) is 4.79 Å². The Morgan fingerprint density at radius 1 is 1.26 bits per heavy atom. The Labute approximate surface area is 135 Å². The van der Waals surface area contributed by atoms with E-state index < -0.39 is 0 Å². The van der Waals surface area contributed by atoms with Crippen LogP contribution in [-0.4, -0.2) is 15.9 Å². The highest BCUT2D eigenvalue weighted by Gasteiger charge is 2.13. The summed E-state index contributed by atoms with van der Waals surface area (Å²) in [6.07, 6.45) is 1.52. The molecule has 0 aliphatic carbocycles. The van der Waals surface area contributed by atoms with Gasteiger partial charge in [-0.1, -0.05) is 22.0 Å². The second kappa shape index (κ2) is 6.11. The van der Waals surface area contributed by atoms with Gasteiger partial charge in [0, 0.05) is 10.0 Å². The number of hydrogen-bond donors (Lipinski definition) is 1. The molecule has 1 aromatic carbocycles. The van der Waals surface area contributed by atoms with Gasteiger partial charge in [-0.15, -0.1) is 0 Å². The lowest BCUT2D eigenvalue weighted by Gasteiger charge is -2.08. The standard InChI is InChI=1S/C12H8Br3N3O/c1-6-2-3-7(13)4-8(6)12(19)18-11-10(15)17-9(14)5-16-11/h2-5H,1H3,(H,16,18,19). The van der Waals surface area contributed by atoms with Crippen LogP contribution >= 0.6 is 47.8 Å². The molecule has 1 N–H and O–H groups in total. The fraction of sp³-hybridized carbons (Fsp3) is 0.0833. The quantitative estimate of drug-likeness (QED) is 0.742. The van der Waals surface area contributed by atoms with E-state index in [2.05, 4.69) is 63.1 Å². The Kier molecular flexibility index (Phi) is 4.70. The van der Waals surface area contributed by atoms with Crippen LogP contribution in [0.4, 0.5) is 5.82 Å². The summed E-state index contributed by atoms with van der Waals surface area (Å²) >= 11 is 9.81. The van der Waals surface area contributed by atoms with Crippen molar-refractivity contribution in [1.29, 1.82) is 0 Å². The molecule has 1 amide bonds. The summed E-state index contributed by atoms with van der Waals surface area (Å²) in [7, 11) is 0. The fourth-order valence-electron chi connectivity index (χ4n) is 1.44. The number of nitrogens with zero attached hydrogens (tertiary/aromatic N) is 2. The number of hydrogen-bond acceptors (Lipinski definition) is 3. The number of carbonyl (C=O) groups excluding carboxylic acids is 1. The van der Waals surface area contributed by atoms with Crippen molar-refractivity contribution in [2.75, 3.05) is 5.32 Å². The number of anilines is 1. The predicted molar refractivity (Wildman–Crippen MR) is 84.3 cm³/mol. The molecule has 1 heterocycles. The first-order valence-corrected chi connectivity index (χ1v) is 7.61. The van der Waals surface area contributed by atoms with Crippen LogP contribution < -0.4 is 5.32 Å². The van der Waals surface area contributed by atoms with Gasteiger partial charge in [-0.05, 0) is 56.5 Å². The smallest absolute Gasteiger partial charge is 0.257 e. The second-order valence-corrected chi connectivity index (χ2v) is 6.22. The molecule has 0 aliphatic rings. The van der Waals surface area contributed by atoms with Gasteiger partial charge in [0.05, 0.1) is 6.20 Å². The molecule has 0 saturated carbocycles. The van der Waals surface area contributed by atoms with E-state index in [9.17, 15) is 4.79 Å². The minimum atomic E-state index is -0.226. The zero-order chi connectivity index (χ0) is 14.0. The van der Waals surface area contributed by atoms with Gasteiger partial charge in [0.15, 0.2) is 5.82 Å². The summed E-state index contributed by atoms with van der Waals surface area (Å²) in [5.41, 5.74) is 1.48. The van der Waals surface area contributed by atoms with Gasteiger partial charge in [0.2, 0.25) is 0 Å². The first-order chi connectivity index (χ1) is 8.97. The average Bonchev–Trinajstić information content (AvgIpc) is 2.35. The molecule has 0 fully saturated rings. The van der Waals surface area contributed by atoms with E-state index >= 15 is 0 Å². The minimum absolute atomic E-state index is 0.226. The maximum Gasteiger partial charge on any atom is 0.257 e. The van der Waals surface area contributed by atoms with Gasteiger partial charge in [-0.2, -0.15) is 0 Å². The van der Waals surface area contributed by atoms with Gasteiger partial charge in [-0.25, -0.2) is 9.97 Å². The number of carbonyl (C=O) groups is 1.